The molecule has 0 atom stereocenters. The van der Waals surface area contributed by atoms with E-state index in [-0.39, 0.29) is 11.3 Å². The van der Waals surface area contributed by atoms with Gasteiger partial charge in [0.15, 0.2) is 0 Å². The maximum atomic E-state index is 12.4. The third-order valence-electron chi connectivity index (χ3n) is 4.70. The molecule has 1 fully saturated rings. The summed E-state index contributed by atoms with van der Waals surface area (Å²) in [6.07, 6.45) is 3.51. The second-order valence-corrected chi connectivity index (χ2v) is 9.80. The Kier molecular flexibility index (Phi) is 7.57. The molecule has 1 aliphatic rings. The van der Waals surface area contributed by atoms with Crippen molar-refractivity contribution in [3.63, 3.8) is 0 Å². The smallest absolute Gasteiger partial charge is 0.266 e. The number of hydrogen-bond acceptors (Lipinski definition) is 5. The molecule has 0 radical (unpaired) electrons. The van der Waals surface area contributed by atoms with Gasteiger partial charge in [0.25, 0.3) is 5.91 Å². The molecular weight excluding hydrogens is 426 g/mol. The Morgan fingerprint density at radius 2 is 1.55 bits per heavy atom. The standard InChI is InChI=1S/C25H27NO3S2/c1-5-14-26-23(27)22(31-24(26)30)17-18-6-10-20(11-7-18)28-15-16-29-21-12-8-19(9-13-21)25(2,3)4/h5-13,17H,1,14-16H2,2-4H3. The molecule has 0 bridgehead atoms. The molecule has 0 aromatic heterocycles. The van der Waals surface area contributed by atoms with Gasteiger partial charge in [0.05, 0.1) is 4.91 Å². The molecular formula is C25H27NO3S2. The number of hydrogen-bond donors (Lipinski definition) is 0. The highest BCUT2D eigenvalue weighted by atomic mass is 32.2. The largest absolute Gasteiger partial charge is 0.490 e. The van der Waals surface area contributed by atoms with Gasteiger partial charge in [-0.2, -0.15) is 0 Å². The second-order valence-electron chi connectivity index (χ2n) is 8.12. The number of ether oxygens (including phenoxy) is 2. The highest BCUT2D eigenvalue weighted by Gasteiger charge is 2.30. The summed E-state index contributed by atoms with van der Waals surface area (Å²) in [4.78, 5) is 14.6. The van der Waals surface area contributed by atoms with Crippen LogP contribution in [0.25, 0.3) is 6.08 Å². The molecule has 0 saturated carbocycles. The van der Waals surface area contributed by atoms with E-state index in [4.69, 9.17) is 21.7 Å². The lowest BCUT2D eigenvalue weighted by Gasteiger charge is -2.19. The summed E-state index contributed by atoms with van der Waals surface area (Å²) in [7, 11) is 0. The molecule has 31 heavy (non-hydrogen) atoms. The molecule has 0 N–H and O–H groups in total. The van der Waals surface area contributed by atoms with Crippen molar-refractivity contribution in [3.8, 4) is 11.5 Å². The first kappa shape index (κ1) is 23.1. The Bertz CT molecular complexity index is 973. The Morgan fingerprint density at radius 1 is 1.00 bits per heavy atom. The lowest BCUT2D eigenvalue weighted by molar-refractivity contribution is -0.121. The van der Waals surface area contributed by atoms with Crippen LogP contribution in [0.15, 0.2) is 66.1 Å². The summed E-state index contributed by atoms with van der Waals surface area (Å²) in [5.74, 6) is 1.51. The first-order valence-corrected chi connectivity index (χ1v) is 11.3. The van der Waals surface area contributed by atoms with Gasteiger partial charge in [-0.25, -0.2) is 0 Å². The van der Waals surface area contributed by atoms with Crippen molar-refractivity contribution in [3.05, 3.63) is 77.2 Å². The molecule has 0 aliphatic carbocycles. The zero-order valence-corrected chi connectivity index (χ0v) is 19.7. The first-order chi connectivity index (χ1) is 14.8. The summed E-state index contributed by atoms with van der Waals surface area (Å²) in [5.41, 5.74) is 2.32. The maximum Gasteiger partial charge on any atom is 0.266 e. The van der Waals surface area contributed by atoms with Gasteiger partial charge in [0.1, 0.15) is 29.0 Å². The molecule has 2 aromatic carbocycles. The fraction of sp³-hybridized carbons (Fsp3) is 0.280. The molecule has 162 valence electrons. The number of rotatable bonds is 8. The van der Waals surface area contributed by atoms with Gasteiger partial charge in [0.2, 0.25) is 0 Å². The first-order valence-electron chi connectivity index (χ1n) is 10.1. The van der Waals surface area contributed by atoms with Crippen molar-refractivity contribution in [1.29, 1.82) is 0 Å². The summed E-state index contributed by atoms with van der Waals surface area (Å²) in [5, 5.41) is 0. The molecule has 6 heteroatoms. The number of benzene rings is 2. The van der Waals surface area contributed by atoms with E-state index in [1.165, 1.54) is 17.3 Å². The molecule has 4 nitrogen and oxygen atoms in total. The zero-order chi connectivity index (χ0) is 22.4. The van der Waals surface area contributed by atoms with Gasteiger partial charge in [-0.3, -0.25) is 9.69 Å². The van der Waals surface area contributed by atoms with Crippen LogP contribution in [0.2, 0.25) is 0 Å². The van der Waals surface area contributed by atoms with Crippen LogP contribution >= 0.6 is 24.0 Å². The van der Waals surface area contributed by atoms with Crippen LogP contribution in [0, 0.1) is 0 Å². The van der Waals surface area contributed by atoms with Crippen LogP contribution in [0.5, 0.6) is 11.5 Å². The lowest BCUT2D eigenvalue weighted by atomic mass is 9.87. The average molecular weight is 454 g/mol. The molecule has 0 spiro atoms. The van der Waals surface area contributed by atoms with Crippen molar-refractivity contribution >= 4 is 40.3 Å². The molecule has 2 aromatic rings. The van der Waals surface area contributed by atoms with Crippen molar-refractivity contribution in [2.75, 3.05) is 19.8 Å². The summed E-state index contributed by atoms with van der Waals surface area (Å²) >= 11 is 6.57. The van der Waals surface area contributed by atoms with Gasteiger partial charge in [-0.05, 0) is 46.9 Å². The fourth-order valence-electron chi connectivity index (χ4n) is 2.97. The minimum absolute atomic E-state index is 0.0806. The van der Waals surface area contributed by atoms with Crippen molar-refractivity contribution in [2.45, 2.75) is 26.2 Å². The molecule has 1 amide bonds. The normalized spacial score (nSPS) is 15.5. The third kappa shape index (κ3) is 6.21. The predicted octanol–water partition coefficient (Wildman–Crippen LogP) is 5.83. The van der Waals surface area contributed by atoms with Crippen LogP contribution < -0.4 is 9.47 Å². The quantitative estimate of drug-likeness (QED) is 0.218. The van der Waals surface area contributed by atoms with Crippen LogP contribution in [0.4, 0.5) is 0 Å². The van der Waals surface area contributed by atoms with Crippen molar-refractivity contribution in [2.24, 2.45) is 0 Å². The SMILES string of the molecule is C=CCN1C(=O)C(=Cc2ccc(OCCOc3ccc(C(C)(C)C)cc3)cc2)SC1=S. The number of thiocarbonyl (C=S) groups is 1. The van der Waals surface area contributed by atoms with E-state index in [0.29, 0.717) is 29.0 Å². The summed E-state index contributed by atoms with van der Waals surface area (Å²) in [6.45, 7) is 11.6. The van der Waals surface area contributed by atoms with E-state index >= 15 is 0 Å². The van der Waals surface area contributed by atoms with E-state index in [1.54, 1.807) is 11.0 Å². The van der Waals surface area contributed by atoms with Crippen LogP contribution in [0.3, 0.4) is 0 Å². The average Bonchev–Trinajstić information content (AvgIpc) is 3.00. The molecule has 1 saturated heterocycles. The van der Waals surface area contributed by atoms with E-state index in [9.17, 15) is 4.79 Å². The minimum atomic E-state index is -0.0806. The summed E-state index contributed by atoms with van der Waals surface area (Å²) < 4.78 is 12.1. The second kappa shape index (κ2) is 10.2. The number of nitrogens with zero attached hydrogens (tertiary/aromatic N) is 1. The van der Waals surface area contributed by atoms with Crippen LogP contribution in [-0.4, -0.2) is 34.9 Å². The lowest BCUT2D eigenvalue weighted by Crippen LogP contribution is -2.27. The van der Waals surface area contributed by atoms with E-state index in [1.807, 2.05) is 42.5 Å². The maximum absolute atomic E-state index is 12.4. The summed E-state index contributed by atoms with van der Waals surface area (Å²) in [6, 6.07) is 15.8. The molecule has 1 aliphatic heterocycles. The third-order valence-corrected chi connectivity index (χ3v) is 6.08. The number of carbonyl (C=O) groups excluding carboxylic acids is 1. The Morgan fingerprint density at radius 3 is 2.06 bits per heavy atom. The minimum Gasteiger partial charge on any atom is -0.490 e. The van der Waals surface area contributed by atoms with Gasteiger partial charge in [0, 0.05) is 6.54 Å². The Balaban J connectivity index is 1.48. The highest BCUT2D eigenvalue weighted by molar-refractivity contribution is 8.26. The Labute approximate surface area is 193 Å². The fourth-order valence-corrected chi connectivity index (χ4v) is 4.24. The van der Waals surface area contributed by atoms with Crippen molar-refractivity contribution < 1.29 is 14.3 Å². The number of amides is 1. The van der Waals surface area contributed by atoms with E-state index in [2.05, 4.69) is 39.5 Å². The topological polar surface area (TPSA) is 38.8 Å². The van der Waals surface area contributed by atoms with Gasteiger partial charge in [-0.15, -0.1) is 6.58 Å². The van der Waals surface area contributed by atoms with Crippen LogP contribution in [-0.2, 0) is 10.2 Å². The molecule has 0 unspecified atom stereocenters. The van der Waals surface area contributed by atoms with E-state index < -0.39 is 0 Å². The number of thioether (sulfide) groups is 1. The van der Waals surface area contributed by atoms with Crippen molar-refractivity contribution in [1.82, 2.24) is 4.90 Å². The zero-order valence-electron chi connectivity index (χ0n) is 18.1. The monoisotopic (exact) mass is 453 g/mol. The molecule has 3 rings (SSSR count). The Hall–Kier alpha value is -2.57. The van der Waals surface area contributed by atoms with Crippen LogP contribution in [0.1, 0.15) is 31.9 Å². The van der Waals surface area contributed by atoms with E-state index in [0.717, 1.165) is 17.1 Å². The van der Waals surface area contributed by atoms with Gasteiger partial charge >= 0.3 is 0 Å². The highest BCUT2D eigenvalue weighted by Crippen LogP contribution is 2.32. The molecule has 1 heterocycles. The van der Waals surface area contributed by atoms with Gasteiger partial charge < -0.3 is 9.47 Å². The predicted molar refractivity (Wildman–Crippen MR) is 133 cm³/mol. The number of carbonyl (C=O) groups is 1. The van der Waals surface area contributed by atoms with Gasteiger partial charge in [-0.1, -0.05) is 75.1 Å².